The molecule has 0 fully saturated rings. The number of hydrogen-bond donors (Lipinski definition) is 2. The molecule has 1 aromatic heterocycles. The van der Waals surface area contributed by atoms with Crippen molar-refractivity contribution in [2.75, 3.05) is 29.6 Å². The normalized spacial score (nSPS) is 10.4. The summed E-state index contributed by atoms with van der Waals surface area (Å²) < 4.78 is 0. The molecule has 25 heavy (non-hydrogen) atoms. The van der Waals surface area contributed by atoms with Crippen LogP contribution in [0.25, 0.3) is 0 Å². The zero-order chi connectivity index (χ0) is 17.8. The van der Waals surface area contributed by atoms with Gasteiger partial charge in [-0.25, -0.2) is 9.97 Å². The van der Waals surface area contributed by atoms with Crippen LogP contribution in [0, 0.1) is 13.8 Å². The average molecular weight is 333 g/mol. The van der Waals surface area contributed by atoms with Crippen LogP contribution in [0.4, 0.5) is 28.7 Å². The molecule has 0 amide bonds. The van der Waals surface area contributed by atoms with Gasteiger partial charge in [0, 0.05) is 37.2 Å². The second kappa shape index (κ2) is 7.21. The van der Waals surface area contributed by atoms with Gasteiger partial charge in [0.15, 0.2) is 0 Å². The molecule has 3 rings (SSSR count). The Morgan fingerprint density at radius 3 is 2.12 bits per heavy atom. The van der Waals surface area contributed by atoms with E-state index in [1.165, 1.54) is 11.1 Å². The minimum Gasteiger partial charge on any atom is -0.378 e. The van der Waals surface area contributed by atoms with Gasteiger partial charge in [-0.2, -0.15) is 0 Å². The number of nitrogens with one attached hydrogen (secondary N) is 2. The van der Waals surface area contributed by atoms with E-state index < -0.39 is 0 Å². The SMILES string of the molecule is Cc1ccc(Nc2cc(Nc3ccc(N(C)C)cc3)ncn2)c(C)c1. The molecule has 2 N–H and O–H groups in total. The topological polar surface area (TPSA) is 53.1 Å². The third kappa shape index (κ3) is 4.26. The maximum absolute atomic E-state index is 4.31. The summed E-state index contributed by atoms with van der Waals surface area (Å²) in [4.78, 5) is 10.7. The molecule has 0 saturated carbocycles. The second-order valence-corrected chi connectivity index (χ2v) is 6.30. The third-order valence-electron chi connectivity index (χ3n) is 3.97. The van der Waals surface area contributed by atoms with E-state index in [1.54, 1.807) is 6.33 Å². The molecule has 0 aliphatic rings. The van der Waals surface area contributed by atoms with Crippen molar-refractivity contribution in [1.82, 2.24) is 9.97 Å². The lowest BCUT2D eigenvalue weighted by Crippen LogP contribution is -2.08. The van der Waals surface area contributed by atoms with Crippen LogP contribution in [0.15, 0.2) is 54.9 Å². The quantitative estimate of drug-likeness (QED) is 0.712. The van der Waals surface area contributed by atoms with Gasteiger partial charge >= 0.3 is 0 Å². The molecule has 1 heterocycles. The highest BCUT2D eigenvalue weighted by atomic mass is 15.1. The molecular formula is C20H23N5. The predicted octanol–water partition coefficient (Wildman–Crippen LogP) is 4.65. The lowest BCUT2D eigenvalue weighted by molar-refractivity contribution is 1.13. The molecule has 0 atom stereocenters. The molecule has 0 spiro atoms. The van der Waals surface area contributed by atoms with Gasteiger partial charge in [0.1, 0.15) is 18.0 Å². The van der Waals surface area contributed by atoms with Gasteiger partial charge in [0.2, 0.25) is 0 Å². The molecule has 0 saturated heterocycles. The van der Waals surface area contributed by atoms with Gasteiger partial charge in [-0.1, -0.05) is 17.7 Å². The van der Waals surface area contributed by atoms with E-state index in [0.717, 1.165) is 28.7 Å². The minimum atomic E-state index is 0.750. The second-order valence-electron chi connectivity index (χ2n) is 6.30. The number of hydrogen-bond acceptors (Lipinski definition) is 5. The van der Waals surface area contributed by atoms with Crippen LogP contribution in [-0.2, 0) is 0 Å². The van der Waals surface area contributed by atoms with E-state index in [4.69, 9.17) is 0 Å². The summed E-state index contributed by atoms with van der Waals surface area (Å²) >= 11 is 0. The highest BCUT2D eigenvalue weighted by Gasteiger charge is 2.03. The smallest absolute Gasteiger partial charge is 0.135 e. The summed E-state index contributed by atoms with van der Waals surface area (Å²) in [5, 5.41) is 6.66. The first-order chi connectivity index (χ1) is 12.0. The van der Waals surface area contributed by atoms with E-state index in [9.17, 15) is 0 Å². The molecule has 128 valence electrons. The third-order valence-corrected chi connectivity index (χ3v) is 3.97. The molecule has 5 heteroatoms. The summed E-state index contributed by atoms with van der Waals surface area (Å²) in [6.45, 7) is 4.17. The minimum absolute atomic E-state index is 0.750. The Balaban J connectivity index is 1.75. The molecule has 0 radical (unpaired) electrons. The van der Waals surface area contributed by atoms with E-state index >= 15 is 0 Å². The zero-order valence-corrected chi connectivity index (χ0v) is 15.0. The lowest BCUT2D eigenvalue weighted by Gasteiger charge is -2.13. The van der Waals surface area contributed by atoms with Crippen molar-refractivity contribution in [3.8, 4) is 0 Å². The predicted molar refractivity (Wildman–Crippen MR) is 105 cm³/mol. The van der Waals surface area contributed by atoms with Crippen LogP contribution in [0.2, 0.25) is 0 Å². The first kappa shape index (κ1) is 16.8. The van der Waals surface area contributed by atoms with Crippen LogP contribution < -0.4 is 15.5 Å². The Bertz CT molecular complexity index is 856. The average Bonchev–Trinajstić information content (AvgIpc) is 2.58. The number of aromatic nitrogens is 2. The molecular weight excluding hydrogens is 310 g/mol. The number of nitrogens with zero attached hydrogens (tertiary/aromatic N) is 3. The number of aryl methyl sites for hydroxylation is 2. The maximum Gasteiger partial charge on any atom is 0.135 e. The van der Waals surface area contributed by atoms with Crippen molar-refractivity contribution in [2.45, 2.75) is 13.8 Å². The highest BCUT2D eigenvalue weighted by Crippen LogP contribution is 2.23. The molecule has 3 aromatic rings. The summed E-state index contributed by atoms with van der Waals surface area (Å²) in [5.74, 6) is 1.51. The van der Waals surface area contributed by atoms with Gasteiger partial charge in [0.25, 0.3) is 0 Å². The molecule has 2 aromatic carbocycles. The summed E-state index contributed by atoms with van der Waals surface area (Å²) in [6, 6.07) is 16.4. The van der Waals surface area contributed by atoms with Crippen LogP contribution in [0.5, 0.6) is 0 Å². The first-order valence-corrected chi connectivity index (χ1v) is 8.22. The summed E-state index contributed by atoms with van der Waals surface area (Å²) in [5.41, 5.74) is 5.62. The van der Waals surface area contributed by atoms with Gasteiger partial charge in [-0.15, -0.1) is 0 Å². The molecule has 0 unspecified atom stereocenters. The standard InChI is InChI=1S/C20H23N5/c1-14-5-10-18(15(2)11-14)24-20-12-19(21-13-22-20)23-16-6-8-17(9-7-16)25(3)4/h5-13H,1-4H3,(H2,21,22,23,24). The highest BCUT2D eigenvalue weighted by molar-refractivity contribution is 5.66. The van der Waals surface area contributed by atoms with Gasteiger partial charge in [0.05, 0.1) is 0 Å². The maximum atomic E-state index is 4.31. The van der Waals surface area contributed by atoms with E-state index in [1.807, 2.05) is 32.3 Å². The van der Waals surface area contributed by atoms with Crippen molar-refractivity contribution < 1.29 is 0 Å². The Hall–Kier alpha value is -3.08. The fraction of sp³-hybridized carbons (Fsp3) is 0.200. The number of anilines is 5. The van der Waals surface area contributed by atoms with Gasteiger partial charge in [-0.3, -0.25) is 0 Å². The van der Waals surface area contributed by atoms with E-state index in [2.05, 4.69) is 69.7 Å². The fourth-order valence-electron chi connectivity index (χ4n) is 2.58. The van der Waals surface area contributed by atoms with Crippen LogP contribution in [0.1, 0.15) is 11.1 Å². The fourth-order valence-corrected chi connectivity index (χ4v) is 2.58. The van der Waals surface area contributed by atoms with E-state index in [-0.39, 0.29) is 0 Å². The largest absolute Gasteiger partial charge is 0.378 e. The van der Waals surface area contributed by atoms with Crippen LogP contribution in [0.3, 0.4) is 0 Å². The zero-order valence-electron chi connectivity index (χ0n) is 15.0. The Morgan fingerprint density at radius 2 is 1.48 bits per heavy atom. The van der Waals surface area contributed by atoms with Crippen molar-refractivity contribution in [2.24, 2.45) is 0 Å². The lowest BCUT2D eigenvalue weighted by atomic mass is 10.1. The molecule has 5 nitrogen and oxygen atoms in total. The van der Waals surface area contributed by atoms with Crippen LogP contribution >= 0.6 is 0 Å². The van der Waals surface area contributed by atoms with Gasteiger partial charge in [-0.05, 0) is 49.7 Å². The number of benzene rings is 2. The molecule has 0 aliphatic heterocycles. The van der Waals surface area contributed by atoms with Crippen molar-refractivity contribution >= 4 is 28.7 Å². The van der Waals surface area contributed by atoms with E-state index in [0.29, 0.717) is 0 Å². The van der Waals surface area contributed by atoms with Crippen molar-refractivity contribution in [1.29, 1.82) is 0 Å². The Labute approximate surface area is 148 Å². The number of rotatable bonds is 5. The summed E-state index contributed by atoms with van der Waals surface area (Å²) in [6.07, 6.45) is 1.56. The van der Waals surface area contributed by atoms with Crippen molar-refractivity contribution in [3.05, 3.63) is 66.0 Å². The van der Waals surface area contributed by atoms with Gasteiger partial charge < -0.3 is 15.5 Å². The Morgan fingerprint density at radius 1 is 0.800 bits per heavy atom. The summed E-state index contributed by atoms with van der Waals surface area (Å²) in [7, 11) is 4.05. The van der Waals surface area contributed by atoms with Crippen molar-refractivity contribution in [3.63, 3.8) is 0 Å². The Kier molecular flexibility index (Phi) is 4.84. The van der Waals surface area contributed by atoms with Crippen LogP contribution in [-0.4, -0.2) is 24.1 Å². The first-order valence-electron chi connectivity index (χ1n) is 8.22. The molecule has 0 bridgehead atoms. The monoisotopic (exact) mass is 333 g/mol. The molecule has 0 aliphatic carbocycles.